The van der Waals surface area contributed by atoms with Gasteiger partial charge in [-0.2, -0.15) is 4.98 Å². The molecule has 1 fully saturated rings. The van der Waals surface area contributed by atoms with Gasteiger partial charge in [-0.3, -0.25) is 18.5 Å². The van der Waals surface area contributed by atoms with Gasteiger partial charge in [-0.05, 0) is 0 Å². The van der Waals surface area contributed by atoms with E-state index < -0.39 is 39.1 Å². The van der Waals surface area contributed by atoms with Gasteiger partial charge in [-0.15, -0.1) is 0 Å². The minimum Gasteiger partial charge on any atom is -0.390 e. The zero-order valence-electron chi connectivity index (χ0n) is 13.9. The molecule has 0 unspecified atom stereocenters. The Labute approximate surface area is 151 Å². The third-order valence-corrected chi connectivity index (χ3v) is 5.01. The minimum absolute atomic E-state index is 0.0940. The monoisotopic (exact) mass is 403 g/mol. The van der Waals surface area contributed by atoms with E-state index in [4.69, 9.17) is 14.5 Å². The maximum absolute atomic E-state index is 12.6. The van der Waals surface area contributed by atoms with Crippen molar-refractivity contribution in [2.24, 2.45) is 0 Å². The van der Waals surface area contributed by atoms with Crippen molar-refractivity contribution in [3.63, 3.8) is 0 Å². The number of phosphoric acid groups is 1. The highest BCUT2D eigenvalue weighted by molar-refractivity contribution is 7.46. The summed E-state index contributed by atoms with van der Waals surface area (Å²) in [5.41, 5.74) is -0.0420. The number of aromatic nitrogens is 4. The van der Waals surface area contributed by atoms with Crippen LogP contribution in [0.25, 0.3) is 11.2 Å². The molecule has 4 heterocycles. The lowest BCUT2D eigenvalue weighted by atomic mass is 10.2. The van der Waals surface area contributed by atoms with Crippen molar-refractivity contribution >= 4 is 24.9 Å². The molecular weight excluding hydrogens is 385 g/mol. The number of phosphoric ester groups is 1. The molecule has 0 amide bonds. The number of imidazole rings is 1. The Kier molecular flexibility index (Phi) is 4.55. The van der Waals surface area contributed by atoms with Crippen molar-refractivity contribution in [1.29, 1.82) is 0 Å². The molecule has 27 heavy (non-hydrogen) atoms. The van der Waals surface area contributed by atoms with Crippen LogP contribution in [0.2, 0.25) is 0 Å². The van der Waals surface area contributed by atoms with Crippen LogP contribution in [0.3, 0.4) is 0 Å². The summed E-state index contributed by atoms with van der Waals surface area (Å²) in [6.07, 6.45) is -1.75. The molecule has 13 nitrogen and oxygen atoms in total. The summed E-state index contributed by atoms with van der Waals surface area (Å²) in [5, 5.41) is 22.5. The first kappa shape index (κ1) is 18.5. The van der Waals surface area contributed by atoms with Crippen molar-refractivity contribution in [1.82, 2.24) is 19.1 Å². The van der Waals surface area contributed by atoms with Crippen molar-refractivity contribution in [3.8, 4) is 0 Å². The van der Waals surface area contributed by atoms with Crippen LogP contribution in [0.15, 0.2) is 11.1 Å². The van der Waals surface area contributed by atoms with Crippen molar-refractivity contribution in [2.45, 2.75) is 44.1 Å². The number of fused-ring (bicyclic) bond motifs is 2. The normalized spacial score (nSPS) is 28.3. The molecule has 4 atom stereocenters. The van der Waals surface area contributed by atoms with Crippen molar-refractivity contribution in [3.05, 3.63) is 16.7 Å². The largest absolute Gasteiger partial charge is 0.469 e. The van der Waals surface area contributed by atoms with Gasteiger partial charge in [0, 0.05) is 19.4 Å². The second kappa shape index (κ2) is 6.63. The zero-order valence-corrected chi connectivity index (χ0v) is 14.8. The Balaban J connectivity index is 1.63. The van der Waals surface area contributed by atoms with Crippen LogP contribution < -0.4 is 10.9 Å². The highest BCUT2D eigenvalue weighted by atomic mass is 31.2. The second-order valence-electron chi connectivity index (χ2n) is 6.38. The molecule has 4 rings (SSSR count). The van der Waals surface area contributed by atoms with E-state index in [1.165, 1.54) is 15.5 Å². The third kappa shape index (κ3) is 3.50. The summed E-state index contributed by atoms with van der Waals surface area (Å²) in [6.45, 7) is -0.188. The van der Waals surface area contributed by atoms with E-state index in [-0.39, 0.29) is 29.1 Å². The fourth-order valence-electron chi connectivity index (χ4n) is 3.21. The number of hydrogen-bond acceptors (Lipinski definition) is 9. The van der Waals surface area contributed by atoms with Gasteiger partial charge in [-0.25, -0.2) is 9.55 Å². The van der Waals surface area contributed by atoms with Crippen LogP contribution in [0.4, 0.5) is 5.95 Å². The standard InChI is InChI=1S/C13H18N5O8P/c19-6-3-9(26-7(6)4-25-27(22,23)24)18-5-14-10-11(18)16-13-15-8(20)1-2-17(13)12(10)21/h5-9,19-20H,1-4H2,(H,15,16)(H2,22,23,24)/t6-,7+,8+,9+/m0/s1. The quantitative estimate of drug-likeness (QED) is 0.374. The third-order valence-electron chi connectivity index (χ3n) is 4.53. The van der Waals surface area contributed by atoms with E-state index in [1.807, 2.05) is 0 Å². The van der Waals surface area contributed by atoms with Gasteiger partial charge in [0.05, 0.1) is 19.0 Å². The average Bonchev–Trinajstić information content (AvgIpc) is 3.15. The summed E-state index contributed by atoms with van der Waals surface area (Å²) in [5.74, 6) is 0.202. The average molecular weight is 403 g/mol. The summed E-state index contributed by atoms with van der Waals surface area (Å²) < 4.78 is 23.7. The molecule has 2 aromatic heterocycles. The molecule has 14 heteroatoms. The van der Waals surface area contributed by atoms with E-state index in [0.29, 0.717) is 13.0 Å². The molecule has 0 radical (unpaired) electrons. The topological polar surface area (TPSA) is 181 Å². The van der Waals surface area contributed by atoms with Crippen LogP contribution in [0, 0.1) is 0 Å². The van der Waals surface area contributed by atoms with Gasteiger partial charge < -0.3 is 30.1 Å². The van der Waals surface area contributed by atoms with E-state index >= 15 is 0 Å². The van der Waals surface area contributed by atoms with Crippen molar-refractivity contribution < 1.29 is 33.8 Å². The first-order valence-electron chi connectivity index (χ1n) is 8.18. The number of hydrogen-bond donors (Lipinski definition) is 5. The van der Waals surface area contributed by atoms with Gasteiger partial charge in [0.25, 0.3) is 5.56 Å². The maximum Gasteiger partial charge on any atom is 0.469 e. The lowest BCUT2D eigenvalue weighted by Crippen LogP contribution is -2.36. The number of ether oxygens (including phenoxy) is 1. The molecule has 148 valence electrons. The first-order chi connectivity index (χ1) is 12.7. The van der Waals surface area contributed by atoms with E-state index in [2.05, 4.69) is 19.8 Å². The van der Waals surface area contributed by atoms with Gasteiger partial charge >= 0.3 is 7.82 Å². The second-order valence-corrected chi connectivity index (χ2v) is 7.62. The molecule has 0 bridgehead atoms. The fourth-order valence-corrected chi connectivity index (χ4v) is 3.55. The lowest BCUT2D eigenvalue weighted by molar-refractivity contribution is -0.0424. The molecule has 2 aromatic rings. The Morgan fingerprint density at radius 2 is 2.19 bits per heavy atom. The number of aliphatic hydroxyl groups excluding tert-OH is 2. The highest BCUT2D eigenvalue weighted by Crippen LogP contribution is 2.38. The number of aliphatic hydroxyl groups is 2. The molecule has 0 aromatic carbocycles. The molecule has 0 saturated carbocycles. The minimum atomic E-state index is -4.69. The van der Waals surface area contributed by atoms with Crippen LogP contribution >= 0.6 is 7.82 Å². The number of nitrogens with one attached hydrogen (secondary N) is 1. The summed E-state index contributed by atoms with van der Waals surface area (Å²) in [6, 6.07) is 0. The zero-order chi connectivity index (χ0) is 19.3. The fraction of sp³-hybridized carbons (Fsp3) is 0.615. The van der Waals surface area contributed by atoms with Crippen LogP contribution in [-0.2, 0) is 20.4 Å². The number of nitrogens with zero attached hydrogens (tertiary/aromatic N) is 4. The lowest BCUT2D eigenvalue weighted by Gasteiger charge is -2.23. The summed E-state index contributed by atoms with van der Waals surface area (Å²) in [4.78, 5) is 38.6. The maximum atomic E-state index is 12.6. The smallest absolute Gasteiger partial charge is 0.390 e. The Morgan fingerprint density at radius 1 is 1.41 bits per heavy atom. The Hall–Kier alpha value is -1.86. The molecule has 5 N–H and O–H groups in total. The SMILES string of the molecule is O=c1c2ncn([C@H]3C[C@H](O)[C@@H](COP(=O)(O)O)O3)c2nc2n1CC[C@@H](O)N2. The molecule has 2 aliphatic heterocycles. The predicted molar refractivity (Wildman–Crippen MR) is 88.6 cm³/mol. The molecule has 1 saturated heterocycles. The van der Waals surface area contributed by atoms with E-state index in [1.54, 1.807) is 0 Å². The van der Waals surface area contributed by atoms with Gasteiger partial charge in [-0.1, -0.05) is 0 Å². The van der Waals surface area contributed by atoms with E-state index in [0.717, 1.165) is 0 Å². The number of anilines is 1. The van der Waals surface area contributed by atoms with Crippen LogP contribution in [0.1, 0.15) is 19.1 Å². The highest BCUT2D eigenvalue weighted by Gasteiger charge is 2.37. The van der Waals surface area contributed by atoms with Gasteiger partial charge in [0.2, 0.25) is 5.95 Å². The van der Waals surface area contributed by atoms with Crippen molar-refractivity contribution in [2.75, 3.05) is 11.9 Å². The van der Waals surface area contributed by atoms with Gasteiger partial charge in [0.1, 0.15) is 18.6 Å². The van der Waals surface area contributed by atoms with E-state index in [9.17, 15) is 19.6 Å². The Morgan fingerprint density at radius 3 is 2.93 bits per heavy atom. The number of rotatable bonds is 4. The van der Waals surface area contributed by atoms with Gasteiger partial charge in [0.15, 0.2) is 11.2 Å². The summed E-state index contributed by atoms with van der Waals surface area (Å²) >= 11 is 0. The molecule has 0 spiro atoms. The predicted octanol–water partition coefficient (Wildman–Crippen LogP) is -1.52. The molecule has 0 aliphatic carbocycles. The summed E-state index contributed by atoms with van der Waals surface area (Å²) in [7, 11) is -4.69. The molecular formula is C13H18N5O8P. The Bertz CT molecular complexity index is 970. The van der Waals surface area contributed by atoms with Crippen LogP contribution in [0.5, 0.6) is 0 Å². The molecule has 2 aliphatic rings. The first-order valence-corrected chi connectivity index (χ1v) is 9.71. The van der Waals surface area contributed by atoms with Crippen LogP contribution in [-0.4, -0.2) is 64.1 Å².